The van der Waals surface area contributed by atoms with Crippen molar-refractivity contribution < 1.29 is 9.59 Å². The van der Waals surface area contributed by atoms with Crippen LogP contribution in [0.15, 0.2) is 60.8 Å². The van der Waals surface area contributed by atoms with Gasteiger partial charge in [-0.1, -0.05) is 31.2 Å². The molecule has 0 unspecified atom stereocenters. The van der Waals surface area contributed by atoms with Crippen LogP contribution in [-0.4, -0.2) is 34.8 Å². The fraction of sp³-hybridized carbons (Fsp3) is 0.261. The number of anilines is 1. The van der Waals surface area contributed by atoms with Crippen molar-refractivity contribution in [1.82, 2.24) is 9.88 Å². The van der Waals surface area contributed by atoms with Crippen molar-refractivity contribution in [2.45, 2.75) is 19.8 Å². The van der Waals surface area contributed by atoms with E-state index in [0.717, 1.165) is 36.8 Å². The van der Waals surface area contributed by atoms with Crippen molar-refractivity contribution in [3.8, 4) is 0 Å². The average molecular weight is 373 g/mol. The van der Waals surface area contributed by atoms with E-state index >= 15 is 0 Å². The van der Waals surface area contributed by atoms with Crippen LogP contribution in [0, 0.1) is 5.92 Å². The van der Waals surface area contributed by atoms with Crippen LogP contribution in [0.3, 0.4) is 0 Å². The van der Waals surface area contributed by atoms with Gasteiger partial charge in [0.05, 0.1) is 11.2 Å². The number of benzene rings is 2. The van der Waals surface area contributed by atoms with Gasteiger partial charge in [-0.3, -0.25) is 14.6 Å². The summed E-state index contributed by atoms with van der Waals surface area (Å²) in [5, 5.41) is 3.89. The van der Waals surface area contributed by atoms with Crippen LogP contribution in [0.4, 0.5) is 5.69 Å². The predicted molar refractivity (Wildman–Crippen MR) is 110 cm³/mol. The zero-order chi connectivity index (χ0) is 19.5. The lowest BCUT2D eigenvalue weighted by molar-refractivity contribution is 0.0697. The highest BCUT2D eigenvalue weighted by atomic mass is 16.2. The van der Waals surface area contributed by atoms with Crippen LogP contribution < -0.4 is 5.32 Å². The van der Waals surface area contributed by atoms with Crippen LogP contribution >= 0.6 is 0 Å². The number of carbonyl (C=O) groups excluding carboxylic acids is 2. The predicted octanol–water partition coefficient (Wildman–Crippen LogP) is 4.36. The Kier molecular flexibility index (Phi) is 5.06. The molecular weight excluding hydrogens is 350 g/mol. The van der Waals surface area contributed by atoms with Crippen LogP contribution in [-0.2, 0) is 0 Å². The summed E-state index contributed by atoms with van der Waals surface area (Å²) in [6.45, 7) is 3.77. The van der Waals surface area contributed by atoms with Gasteiger partial charge in [0, 0.05) is 35.8 Å². The molecule has 2 amide bonds. The lowest BCUT2D eigenvalue weighted by Gasteiger charge is -2.30. The molecule has 5 nitrogen and oxygen atoms in total. The van der Waals surface area contributed by atoms with Gasteiger partial charge < -0.3 is 10.2 Å². The molecule has 0 aliphatic carbocycles. The number of pyridine rings is 1. The highest BCUT2D eigenvalue weighted by molar-refractivity contribution is 6.09. The molecule has 2 heterocycles. The summed E-state index contributed by atoms with van der Waals surface area (Å²) in [6.07, 6.45) is 3.76. The number of rotatable bonds is 3. The second-order valence-electron chi connectivity index (χ2n) is 7.39. The molecule has 0 bridgehead atoms. The monoisotopic (exact) mass is 373 g/mol. The first-order valence-electron chi connectivity index (χ1n) is 9.66. The Morgan fingerprint density at radius 1 is 1.00 bits per heavy atom. The zero-order valence-electron chi connectivity index (χ0n) is 15.9. The Morgan fingerprint density at radius 3 is 2.54 bits per heavy atom. The molecule has 1 aliphatic rings. The van der Waals surface area contributed by atoms with Gasteiger partial charge in [-0.25, -0.2) is 0 Å². The Bertz CT molecular complexity index is 1020. The zero-order valence-corrected chi connectivity index (χ0v) is 15.9. The molecule has 0 spiro atoms. The number of para-hydroxylation sites is 1. The van der Waals surface area contributed by atoms with E-state index in [0.29, 0.717) is 22.7 Å². The molecule has 4 rings (SSSR count). The van der Waals surface area contributed by atoms with Gasteiger partial charge in [-0.05, 0) is 49.1 Å². The first-order chi connectivity index (χ1) is 13.6. The minimum atomic E-state index is -0.250. The minimum absolute atomic E-state index is 0.00613. The molecule has 1 fully saturated rings. The quantitative estimate of drug-likeness (QED) is 0.742. The maximum absolute atomic E-state index is 12.8. The van der Waals surface area contributed by atoms with Crippen molar-refractivity contribution >= 4 is 28.4 Å². The lowest BCUT2D eigenvalue weighted by atomic mass is 9.98. The highest BCUT2D eigenvalue weighted by Gasteiger charge is 2.22. The van der Waals surface area contributed by atoms with Crippen molar-refractivity contribution in [3.05, 3.63) is 71.9 Å². The number of hydrogen-bond acceptors (Lipinski definition) is 3. The molecule has 1 aromatic heterocycles. The molecule has 2 aromatic carbocycles. The number of aromatic nitrogens is 1. The van der Waals surface area contributed by atoms with Gasteiger partial charge in [-0.15, -0.1) is 0 Å². The Labute approximate surface area is 164 Å². The number of amides is 2. The second-order valence-corrected chi connectivity index (χ2v) is 7.39. The molecule has 3 aromatic rings. The summed E-state index contributed by atoms with van der Waals surface area (Å²) >= 11 is 0. The van der Waals surface area contributed by atoms with Gasteiger partial charge in [0.1, 0.15) is 0 Å². The minimum Gasteiger partial charge on any atom is -0.339 e. The molecule has 0 radical (unpaired) electrons. The number of nitrogens with zero attached hydrogens (tertiary/aromatic N) is 2. The third-order valence-corrected chi connectivity index (χ3v) is 5.32. The Balaban J connectivity index is 1.54. The van der Waals surface area contributed by atoms with E-state index in [2.05, 4.69) is 17.2 Å². The summed E-state index contributed by atoms with van der Waals surface area (Å²) in [7, 11) is 0. The van der Waals surface area contributed by atoms with Gasteiger partial charge >= 0.3 is 0 Å². The van der Waals surface area contributed by atoms with Crippen LogP contribution in [0.5, 0.6) is 0 Å². The topological polar surface area (TPSA) is 62.3 Å². The van der Waals surface area contributed by atoms with Crippen molar-refractivity contribution in [2.75, 3.05) is 18.4 Å². The van der Waals surface area contributed by atoms with Crippen LogP contribution in [0.2, 0.25) is 0 Å². The smallest absolute Gasteiger partial charge is 0.255 e. The van der Waals surface area contributed by atoms with Crippen molar-refractivity contribution in [3.63, 3.8) is 0 Å². The summed E-state index contributed by atoms with van der Waals surface area (Å²) in [4.78, 5) is 31.8. The maximum Gasteiger partial charge on any atom is 0.255 e. The molecule has 0 atom stereocenters. The SMILES string of the molecule is CC1CCN(C(=O)c2cccc(C(=O)Nc3cccc4cccnc34)c2)CC1. The normalized spacial score (nSPS) is 14.8. The first-order valence-corrected chi connectivity index (χ1v) is 9.66. The number of fused-ring (bicyclic) bond motifs is 1. The van der Waals surface area contributed by atoms with Gasteiger partial charge in [0.25, 0.3) is 11.8 Å². The number of piperidine rings is 1. The van der Waals surface area contributed by atoms with E-state index in [1.807, 2.05) is 35.2 Å². The number of carbonyl (C=O) groups is 2. The standard InChI is InChI=1S/C23H23N3O2/c1-16-10-13-26(14-11-16)23(28)19-7-2-6-18(15-19)22(27)25-20-9-3-5-17-8-4-12-24-21(17)20/h2-9,12,15-16H,10-11,13-14H2,1H3,(H,25,27). The molecule has 1 N–H and O–H groups in total. The third kappa shape index (κ3) is 3.74. The van der Waals surface area contributed by atoms with Crippen molar-refractivity contribution in [2.24, 2.45) is 5.92 Å². The molecule has 5 heteroatoms. The van der Waals surface area contributed by atoms with Crippen molar-refractivity contribution in [1.29, 1.82) is 0 Å². The summed E-state index contributed by atoms with van der Waals surface area (Å²) in [5.41, 5.74) is 2.42. The van der Waals surface area contributed by atoms with E-state index < -0.39 is 0 Å². The van der Waals surface area contributed by atoms with E-state index in [1.54, 1.807) is 30.5 Å². The molecule has 1 aliphatic heterocycles. The summed E-state index contributed by atoms with van der Waals surface area (Å²) in [5.74, 6) is 0.406. The summed E-state index contributed by atoms with van der Waals surface area (Å²) in [6, 6.07) is 16.4. The number of likely N-dealkylation sites (tertiary alicyclic amines) is 1. The second kappa shape index (κ2) is 7.80. The average Bonchev–Trinajstić information content (AvgIpc) is 2.74. The largest absolute Gasteiger partial charge is 0.339 e. The van der Waals surface area contributed by atoms with Gasteiger partial charge in [0.2, 0.25) is 0 Å². The highest BCUT2D eigenvalue weighted by Crippen LogP contribution is 2.22. The molecule has 0 saturated carbocycles. The lowest BCUT2D eigenvalue weighted by Crippen LogP contribution is -2.38. The molecule has 28 heavy (non-hydrogen) atoms. The van der Waals surface area contributed by atoms with E-state index in [1.165, 1.54) is 0 Å². The first kappa shape index (κ1) is 18.2. The van der Waals surface area contributed by atoms with Gasteiger partial charge in [-0.2, -0.15) is 0 Å². The number of hydrogen-bond donors (Lipinski definition) is 1. The van der Waals surface area contributed by atoms with Crippen LogP contribution in [0.1, 0.15) is 40.5 Å². The Morgan fingerprint density at radius 2 is 1.71 bits per heavy atom. The van der Waals surface area contributed by atoms with E-state index in [4.69, 9.17) is 0 Å². The fourth-order valence-corrected chi connectivity index (χ4v) is 3.59. The van der Waals surface area contributed by atoms with Crippen LogP contribution in [0.25, 0.3) is 10.9 Å². The molecule has 142 valence electrons. The maximum atomic E-state index is 12.8. The van der Waals surface area contributed by atoms with E-state index in [9.17, 15) is 9.59 Å². The summed E-state index contributed by atoms with van der Waals surface area (Å²) < 4.78 is 0. The fourth-order valence-electron chi connectivity index (χ4n) is 3.59. The number of nitrogens with one attached hydrogen (secondary N) is 1. The molecule has 1 saturated heterocycles. The molecular formula is C23H23N3O2. The van der Waals surface area contributed by atoms with Gasteiger partial charge in [0.15, 0.2) is 0 Å². The van der Waals surface area contributed by atoms with E-state index in [-0.39, 0.29) is 11.8 Å². The Hall–Kier alpha value is -3.21. The third-order valence-electron chi connectivity index (χ3n) is 5.32.